The molecule has 0 atom stereocenters. The van der Waals surface area contributed by atoms with Crippen LogP contribution in [0.3, 0.4) is 0 Å². The third-order valence-corrected chi connectivity index (χ3v) is 0.267. The first-order valence-electron chi connectivity index (χ1n) is 1.46. The fourth-order valence-corrected chi connectivity index (χ4v) is 0.101. The molecule has 0 spiro atoms. The van der Waals surface area contributed by atoms with Crippen molar-refractivity contribution in [1.29, 1.82) is 0 Å². The summed E-state index contributed by atoms with van der Waals surface area (Å²) in [7, 11) is 0. The van der Waals surface area contributed by atoms with Crippen LogP contribution < -0.4 is 0 Å². The highest BCUT2D eigenvalue weighted by atomic mass is 19.3. The molecule has 0 aromatic carbocycles. The second kappa shape index (κ2) is 2.82. The van der Waals surface area contributed by atoms with Gasteiger partial charge >= 0.3 is 12.9 Å². The van der Waals surface area contributed by atoms with Gasteiger partial charge in [-0.3, -0.25) is 0 Å². The zero-order chi connectivity index (χ0) is 5.86. The summed E-state index contributed by atoms with van der Waals surface area (Å²) in [6, 6.07) is 0. The van der Waals surface area contributed by atoms with Crippen LogP contribution in [0.5, 0.6) is 0 Å². The minimum Gasteiger partial charge on any atom is -0.200 e. The van der Waals surface area contributed by atoms with Crippen LogP contribution in [0.2, 0.25) is 0 Å². The quantitative estimate of drug-likeness (QED) is 0.483. The molecule has 0 aliphatic heterocycles. The first-order valence-corrected chi connectivity index (χ1v) is 1.46. The summed E-state index contributed by atoms with van der Waals surface area (Å²) in [6.07, 6.45) is -5.97. The molecule has 0 N–H and O–H groups in total. The Balaban J connectivity index is 2.95. The van der Waals surface area contributed by atoms with Gasteiger partial charge in [-0.15, -0.1) is 0 Å². The first kappa shape index (κ1) is 6.72. The van der Waals surface area contributed by atoms with E-state index in [1.165, 1.54) is 0 Å². The van der Waals surface area contributed by atoms with Gasteiger partial charge in [-0.2, -0.15) is 17.6 Å². The van der Waals surface area contributed by atoms with Gasteiger partial charge in [0, 0.05) is 0 Å². The Morgan fingerprint density at radius 2 is 1.14 bits per heavy atom. The van der Waals surface area contributed by atoms with E-state index in [9.17, 15) is 17.6 Å². The molecule has 7 heavy (non-hydrogen) atoms. The van der Waals surface area contributed by atoms with Crippen molar-refractivity contribution in [2.45, 2.75) is 6.42 Å². The zero-order valence-corrected chi connectivity index (χ0v) is 3.22. The van der Waals surface area contributed by atoms with E-state index in [0.29, 0.717) is 0 Å². The van der Waals surface area contributed by atoms with Crippen LogP contribution in [0.25, 0.3) is 0 Å². The van der Waals surface area contributed by atoms with E-state index in [-0.39, 0.29) is 0 Å². The largest absolute Gasteiger partial charge is 0.316 e. The molecule has 0 saturated heterocycles. The molecule has 42 valence electrons. The summed E-state index contributed by atoms with van der Waals surface area (Å²) in [5.41, 5.74) is 0. The molecule has 0 heterocycles. The third-order valence-electron chi connectivity index (χ3n) is 0.267. The summed E-state index contributed by atoms with van der Waals surface area (Å²) < 4.78 is 42.8. The maximum atomic E-state index is 10.7. The summed E-state index contributed by atoms with van der Waals surface area (Å²) in [5.74, 6) is 0. The van der Waals surface area contributed by atoms with E-state index < -0.39 is 19.3 Å². The summed E-state index contributed by atoms with van der Waals surface area (Å²) >= 11 is 0. The fraction of sp³-hybridized carbons (Fsp3) is 0.333. The molecule has 0 aromatic rings. The van der Waals surface area contributed by atoms with Gasteiger partial charge in [0.15, 0.2) is 0 Å². The van der Waals surface area contributed by atoms with E-state index in [2.05, 4.69) is 0 Å². The molecule has 0 saturated carbocycles. The zero-order valence-electron chi connectivity index (χ0n) is 3.22. The van der Waals surface area contributed by atoms with E-state index >= 15 is 0 Å². The molecular weight excluding hydrogens is 112 g/mol. The highest BCUT2D eigenvalue weighted by Gasteiger charge is 2.15. The smallest absolute Gasteiger partial charge is 0.200 e. The summed E-state index contributed by atoms with van der Waals surface area (Å²) in [4.78, 5) is 0. The Morgan fingerprint density at radius 1 is 0.857 bits per heavy atom. The summed E-state index contributed by atoms with van der Waals surface area (Å²) in [6.45, 7) is 0. The highest BCUT2D eigenvalue weighted by Crippen LogP contribution is 2.19. The molecule has 0 aliphatic carbocycles. The van der Waals surface area contributed by atoms with Crippen molar-refractivity contribution in [2.75, 3.05) is 0 Å². The Morgan fingerprint density at radius 3 is 1.14 bits per heavy atom. The maximum absolute atomic E-state index is 10.7. The molecule has 0 bridgehead atoms. The lowest BCUT2D eigenvalue weighted by atomic mass is 10.5. The Labute approximate surface area is 38.1 Å². The van der Waals surface area contributed by atoms with Crippen molar-refractivity contribution >= 4 is 0 Å². The molecule has 0 amide bonds. The molecule has 4 heteroatoms. The van der Waals surface area contributed by atoms with Gasteiger partial charge < -0.3 is 0 Å². The predicted octanol–water partition coefficient (Wildman–Crippen LogP) is 2.23. The Hall–Kier alpha value is -0.280. The number of hydrogen-bond donors (Lipinski definition) is 0. The molecule has 2 radical (unpaired) electrons. The molecule has 0 rings (SSSR count). The van der Waals surface area contributed by atoms with Crippen LogP contribution in [0.4, 0.5) is 17.6 Å². The molecule has 0 aromatic heterocycles. The third kappa shape index (κ3) is 5.72. The van der Waals surface area contributed by atoms with Crippen LogP contribution in [-0.2, 0) is 0 Å². The monoisotopic (exact) mass is 114 g/mol. The molecule has 0 fully saturated rings. The van der Waals surface area contributed by atoms with Crippen molar-refractivity contribution < 1.29 is 17.6 Å². The van der Waals surface area contributed by atoms with Crippen molar-refractivity contribution in [1.82, 2.24) is 0 Å². The number of hydrogen-bond acceptors (Lipinski definition) is 0. The van der Waals surface area contributed by atoms with Gasteiger partial charge in [-0.05, 0) is 0 Å². The van der Waals surface area contributed by atoms with Crippen LogP contribution in [0, 0.1) is 12.9 Å². The van der Waals surface area contributed by atoms with E-state index in [1.807, 2.05) is 0 Å². The van der Waals surface area contributed by atoms with Crippen molar-refractivity contribution in [3.05, 3.63) is 12.9 Å². The maximum Gasteiger partial charge on any atom is 0.316 e. The first-order chi connectivity index (χ1) is 3.13. The van der Waals surface area contributed by atoms with Crippen molar-refractivity contribution in [3.8, 4) is 0 Å². The SMILES string of the molecule is F[C](F)C[C](F)F. The van der Waals surface area contributed by atoms with E-state index in [0.717, 1.165) is 0 Å². The normalized spacial score (nSPS) is 11.1. The lowest BCUT2D eigenvalue weighted by Gasteiger charge is -1.88. The lowest BCUT2D eigenvalue weighted by molar-refractivity contribution is 0.195. The topological polar surface area (TPSA) is 0 Å². The minimum atomic E-state index is -2.25. The molecule has 0 aliphatic rings. The fourth-order valence-electron chi connectivity index (χ4n) is 0.101. The molecular formula is C3H2F4. The van der Waals surface area contributed by atoms with E-state index in [4.69, 9.17) is 0 Å². The highest BCUT2D eigenvalue weighted by molar-refractivity contribution is 4.71. The average molecular weight is 114 g/mol. The second-order valence-corrected chi connectivity index (χ2v) is 0.854. The Kier molecular flexibility index (Phi) is 2.71. The second-order valence-electron chi connectivity index (χ2n) is 0.854. The molecule has 0 nitrogen and oxygen atoms in total. The lowest BCUT2D eigenvalue weighted by Crippen LogP contribution is -1.82. The standard InChI is InChI=1S/C3H2F4/c4-2(5)1-3(6)7/h1H2. The van der Waals surface area contributed by atoms with Crippen molar-refractivity contribution in [3.63, 3.8) is 0 Å². The van der Waals surface area contributed by atoms with Gasteiger partial charge in [0.1, 0.15) is 0 Å². The van der Waals surface area contributed by atoms with Crippen LogP contribution in [-0.4, -0.2) is 0 Å². The van der Waals surface area contributed by atoms with Gasteiger partial charge in [-0.1, -0.05) is 0 Å². The van der Waals surface area contributed by atoms with E-state index in [1.54, 1.807) is 0 Å². The van der Waals surface area contributed by atoms with Gasteiger partial charge in [0.05, 0.1) is 6.42 Å². The van der Waals surface area contributed by atoms with Gasteiger partial charge in [0.2, 0.25) is 0 Å². The van der Waals surface area contributed by atoms with Crippen LogP contribution in [0.1, 0.15) is 6.42 Å². The number of halogens is 4. The molecule has 0 unspecified atom stereocenters. The summed E-state index contributed by atoms with van der Waals surface area (Å²) in [5, 5.41) is 0. The predicted molar refractivity (Wildman–Crippen MR) is 15.5 cm³/mol. The number of rotatable bonds is 2. The van der Waals surface area contributed by atoms with Gasteiger partial charge in [-0.25, -0.2) is 0 Å². The minimum absolute atomic E-state index is 1.47. The van der Waals surface area contributed by atoms with Crippen LogP contribution in [0.15, 0.2) is 0 Å². The van der Waals surface area contributed by atoms with Gasteiger partial charge in [0.25, 0.3) is 0 Å². The average Bonchev–Trinajstić information content (AvgIpc) is 1.27. The Bertz CT molecular complexity index is 36.2. The van der Waals surface area contributed by atoms with Crippen molar-refractivity contribution in [2.24, 2.45) is 0 Å². The van der Waals surface area contributed by atoms with Crippen LogP contribution >= 0.6 is 0 Å².